The summed E-state index contributed by atoms with van der Waals surface area (Å²) in [5.41, 5.74) is 0.781. The van der Waals surface area contributed by atoms with Crippen LogP contribution in [0.25, 0.3) is 22.0 Å². The number of ether oxygens (including phenoxy) is 1. The van der Waals surface area contributed by atoms with Crippen molar-refractivity contribution in [2.75, 3.05) is 13.6 Å². The van der Waals surface area contributed by atoms with E-state index in [1.807, 2.05) is 54.4 Å². The first kappa shape index (κ1) is 27.9. The van der Waals surface area contributed by atoms with E-state index in [-0.39, 0.29) is 17.9 Å². The number of nitriles is 1. The minimum atomic E-state index is -3.75. The molecule has 42 heavy (non-hydrogen) atoms. The van der Waals surface area contributed by atoms with Crippen LogP contribution in [-0.4, -0.2) is 66.6 Å². The molecule has 0 bridgehead atoms. The number of amides is 2. The van der Waals surface area contributed by atoms with Crippen LogP contribution in [0.4, 0.5) is 0 Å². The highest BCUT2D eigenvalue weighted by molar-refractivity contribution is 7.91. The molecule has 0 spiro atoms. The Hall–Kier alpha value is -4.27. The van der Waals surface area contributed by atoms with E-state index in [9.17, 15) is 18.0 Å². The molecule has 11 heteroatoms. The third-order valence-corrected chi connectivity index (χ3v) is 10.2. The Morgan fingerprint density at radius 1 is 1.19 bits per heavy atom. The van der Waals surface area contributed by atoms with Gasteiger partial charge in [0, 0.05) is 29.8 Å². The monoisotopic (exact) mass is 585 g/mol. The molecular formula is C31H31N5O5S. The summed E-state index contributed by atoms with van der Waals surface area (Å²) in [5.74, 6) is -0.982. The summed E-state index contributed by atoms with van der Waals surface area (Å²) in [6.07, 6.45) is 2.93. The number of nitrogens with one attached hydrogen (secondary N) is 2. The summed E-state index contributed by atoms with van der Waals surface area (Å²) in [7, 11) is -1.94. The fourth-order valence-electron chi connectivity index (χ4n) is 5.64. The van der Waals surface area contributed by atoms with Crippen LogP contribution in [0.1, 0.15) is 31.2 Å². The molecule has 2 heterocycles. The second-order valence-corrected chi connectivity index (χ2v) is 13.3. The predicted molar refractivity (Wildman–Crippen MR) is 157 cm³/mol. The fourth-order valence-corrected chi connectivity index (χ4v) is 7.01. The molecule has 2 amide bonds. The van der Waals surface area contributed by atoms with Crippen LogP contribution in [0.2, 0.25) is 0 Å². The first-order chi connectivity index (χ1) is 20.1. The number of likely N-dealkylation sites (tertiary alicyclic amines) is 1. The van der Waals surface area contributed by atoms with E-state index < -0.39 is 32.8 Å². The number of likely N-dealkylation sites (N-methyl/N-ethyl adjacent to an activating group) is 1. The van der Waals surface area contributed by atoms with E-state index in [0.717, 1.165) is 16.3 Å². The maximum absolute atomic E-state index is 13.5. The van der Waals surface area contributed by atoms with Gasteiger partial charge in [0.05, 0.1) is 28.6 Å². The number of nitrogens with zero attached hydrogens (tertiary/aromatic N) is 3. The molecule has 1 unspecified atom stereocenters. The number of hydrogen-bond acceptors (Lipinski definition) is 8. The minimum Gasteiger partial charge on any atom is -0.472 e. The Kier molecular flexibility index (Phi) is 6.99. The lowest BCUT2D eigenvalue weighted by atomic mass is 10.1. The summed E-state index contributed by atoms with van der Waals surface area (Å²) in [6, 6.07) is 18.5. The Morgan fingerprint density at radius 3 is 2.60 bits per heavy atom. The van der Waals surface area contributed by atoms with Crippen LogP contribution in [-0.2, 0) is 19.6 Å². The molecule has 2 aliphatic carbocycles. The summed E-state index contributed by atoms with van der Waals surface area (Å²) >= 11 is 0. The molecule has 2 aromatic carbocycles. The maximum Gasteiger partial charge on any atom is 0.259 e. The molecular weight excluding hydrogens is 554 g/mol. The Morgan fingerprint density at radius 2 is 1.93 bits per heavy atom. The molecule has 3 aromatic rings. The number of fused-ring (bicyclic) bond motifs is 1. The van der Waals surface area contributed by atoms with E-state index in [2.05, 4.69) is 22.7 Å². The number of hydrogen-bond donors (Lipinski definition) is 2. The topological polar surface area (TPSA) is 141 Å². The third-order valence-electron chi connectivity index (χ3n) is 8.35. The molecule has 10 nitrogen and oxygen atoms in total. The van der Waals surface area contributed by atoms with Crippen molar-refractivity contribution in [3.05, 3.63) is 72.8 Å². The summed E-state index contributed by atoms with van der Waals surface area (Å²) in [5, 5.41) is 13.2. The van der Waals surface area contributed by atoms with Crippen LogP contribution in [0.5, 0.6) is 5.88 Å². The first-order valence-electron chi connectivity index (χ1n) is 13.9. The van der Waals surface area contributed by atoms with Crippen LogP contribution in [0, 0.1) is 17.2 Å². The van der Waals surface area contributed by atoms with E-state index in [4.69, 9.17) is 15.0 Å². The lowest BCUT2D eigenvalue weighted by Gasteiger charge is -2.23. The second kappa shape index (κ2) is 10.5. The second-order valence-electron chi connectivity index (χ2n) is 11.3. The molecule has 3 aliphatic rings. The molecule has 4 atom stereocenters. The summed E-state index contributed by atoms with van der Waals surface area (Å²) in [6.45, 7) is 4.21. The predicted octanol–water partition coefficient (Wildman–Crippen LogP) is 2.89. The van der Waals surface area contributed by atoms with Gasteiger partial charge in [0.1, 0.15) is 11.6 Å². The zero-order valence-corrected chi connectivity index (χ0v) is 23.9. The quantitative estimate of drug-likeness (QED) is 0.365. The van der Waals surface area contributed by atoms with Crippen LogP contribution < -0.4 is 14.8 Å². The van der Waals surface area contributed by atoms with Crippen molar-refractivity contribution >= 4 is 32.6 Å². The van der Waals surface area contributed by atoms with Crippen molar-refractivity contribution in [2.45, 2.75) is 48.6 Å². The summed E-state index contributed by atoms with van der Waals surface area (Å²) < 4.78 is 33.4. The van der Waals surface area contributed by atoms with Crippen LogP contribution in [0.3, 0.4) is 0 Å². The molecule has 3 fully saturated rings. The van der Waals surface area contributed by atoms with Gasteiger partial charge in [0.15, 0.2) is 0 Å². The van der Waals surface area contributed by atoms with Gasteiger partial charge in [-0.05, 0) is 56.0 Å². The van der Waals surface area contributed by atoms with E-state index in [1.165, 1.54) is 0 Å². The van der Waals surface area contributed by atoms with Crippen molar-refractivity contribution in [2.24, 2.45) is 5.92 Å². The Balaban J connectivity index is 1.19. The van der Waals surface area contributed by atoms with Crippen molar-refractivity contribution in [1.82, 2.24) is 19.9 Å². The smallest absolute Gasteiger partial charge is 0.259 e. The van der Waals surface area contributed by atoms with Gasteiger partial charge in [-0.1, -0.05) is 36.4 Å². The number of carbonyl (C=O) groups excluding carboxylic acids is 2. The molecule has 1 aliphatic heterocycles. The van der Waals surface area contributed by atoms with Gasteiger partial charge in [0.25, 0.3) is 5.91 Å². The first-order valence-corrected chi connectivity index (χ1v) is 15.5. The standard InChI is InChI=1S/C31H31N5O5S/c1-3-22-16-31(22,30(38)35-42(39,40)24-12-13-24)34-28(37)27-15-23(18-36(27)2)41-29-25-7-5-4-6-21(25)14-26(33-29)20-10-8-19(17-32)9-11-20/h3-11,14,22-24,27H,1,12-13,15-16,18H2,2H3,(H,34,37)(H,35,38)/t22?,23-,27+,31-/m1/s1. The normalized spacial score (nSPS) is 25.4. The van der Waals surface area contributed by atoms with Gasteiger partial charge in [-0.25, -0.2) is 13.4 Å². The van der Waals surface area contributed by atoms with Gasteiger partial charge in [-0.3, -0.25) is 19.2 Å². The fraction of sp³-hybridized carbons (Fsp3) is 0.355. The molecule has 6 rings (SSSR count). The van der Waals surface area contributed by atoms with Gasteiger partial charge in [-0.15, -0.1) is 6.58 Å². The Bertz CT molecular complexity index is 1730. The van der Waals surface area contributed by atoms with E-state index in [1.54, 1.807) is 18.2 Å². The lowest BCUT2D eigenvalue weighted by Crippen LogP contribution is -2.55. The number of aromatic nitrogens is 1. The molecule has 0 radical (unpaired) electrons. The van der Waals surface area contributed by atoms with Gasteiger partial charge in [-0.2, -0.15) is 5.26 Å². The van der Waals surface area contributed by atoms with Crippen LogP contribution >= 0.6 is 0 Å². The summed E-state index contributed by atoms with van der Waals surface area (Å²) in [4.78, 5) is 33.2. The number of carbonyl (C=O) groups is 2. The zero-order chi connectivity index (χ0) is 29.6. The van der Waals surface area contributed by atoms with E-state index in [0.29, 0.717) is 49.4 Å². The van der Waals surface area contributed by atoms with Gasteiger partial charge in [0.2, 0.25) is 21.8 Å². The van der Waals surface area contributed by atoms with E-state index >= 15 is 0 Å². The van der Waals surface area contributed by atoms with Crippen molar-refractivity contribution in [1.29, 1.82) is 5.26 Å². The lowest BCUT2D eigenvalue weighted by molar-refractivity contribution is -0.131. The number of pyridine rings is 1. The molecule has 2 N–H and O–H groups in total. The SMILES string of the molecule is C=CC1C[C@]1(NC(=O)[C@@H]1C[C@@H](Oc2nc(-c3ccc(C#N)cc3)cc3ccccc23)CN1C)C(=O)NS(=O)(=O)C1CC1. The van der Waals surface area contributed by atoms with Gasteiger partial charge < -0.3 is 10.1 Å². The highest BCUT2D eigenvalue weighted by Gasteiger charge is 2.61. The largest absolute Gasteiger partial charge is 0.472 e. The average molecular weight is 586 g/mol. The highest BCUT2D eigenvalue weighted by Crippen LogP contribution is 2.45. The number of sulfonamides is 1. The van der Waals surface area contributed by atoms with Crippen molar-refractivity contribution < 1.29 is 22.7 Å². The highest BCUT2D eigenvalue weighted by atomic mass is 32.2. The minimum absolute atomic E-state index is 0.294. The van der Waals surface area contributed by atoms with Crippen molar-refractivity contribution in [3.8, 4) is 23.2 Å². The molecule has 216 valence electrons. The number of rotatable bonds is 9. The molecule has 1 saturated heterocycles. The molecule has 1 aromatic heterocycles. The Labute approximate surface area is 244 Å². The van der Waals surface area contributed by atoms with Crippen molar-refractivity contribution in [3.63, 3.8) is 0 Å². The molecule has 2 saturated carbocycles. The third kappa shape index (κ3) is 5.24. The van der Waals surface area contributed by atoms with Crippen LogP contribution in [0.15, 0.2) is 67.3 Å². The average Bonchev–Trinajstić information content (AvgIpc) is 3.91. The number of benzene rings is 2. The maximum atomic E-state index is 13.5. The zero-order valence-electron chi connectivity index (χ0n) is 23.1. The van der Waals surface area contributed by atoms with Gasteiger partial charge >= 0.3 is 0 Å².